The predicted molar refractivity (Wildman–Crippen MR) is 61.4 cm³/mol. The number of nitrogens with zero attached hydrogens (tertiary/aromatic N) is 2. The smallest absolute Gasteiger partial charge is 0.258 e. The third kappa shape index (κ3) is 2.28. The van der Waals surface area contributed by atoms with E-state index in [2.05, 4.69) is 11.6 Å². The number of aromatic amines is 1. The molecule has 0 aliphatic rings. The molecule has 0 radical (unpaired) electrons. The molecule has 1 N–H and O–H groups in total. The molecule has 0 aromatic carbocycles. The highest BCUT2D eigenvalue weighted by Crippen LogP contribution is 1.87. The first-order valence-corrected chi connectivity index (χ1v) is 4.69. The number of allylic oxidation sites excluding steroid dienone is 2. The maximum Gasteiger partial charge on any atom is 0.340 e. The number of hydrogen-bond donors (Lipinski definition) is 1. The molecule has 6 heteroatoms. The molecule has 0 spiro atoms. The second-order valence-corrected chi connectivity index (χ2v) is 3.49. The SMILES string of the molecule is C=CCn1c(=O)[nH]c(=O)n(C=C(C)C)c1=O. The quantitative estimate of drug-likeness (QED) is 0.719. The fraction of sp³-hybridized carbons (Fsp3) is 0.300. The standard InChI is InChI=1S/C10H13N3O3/c1-4-5-12-8(14)11-9(15)13(10(12)16)6-7(2)3/h4,6H,1,5H2,2-3H3,(H,11,14,15). The number of rotatable bonds is 3. The molecule has 0 fully saturated rings. The fourth-order valence-electron chi connectivity index (χ4n) is 1.19. The van der Waals surface area contributed by atoms with Crippen molar-refractivity contribution in [3.63, 3.8) is 0 Å². The minimum atomic E-state index is -0.739. The highest BCUT2D eigenvalue weighted by atomic mass is 16.2. The molecule has 6 nitrogen and oxygen atoms in total. The molecule has 0 bridgehead atoms. The summed E-state index contributed by atoms with van der Waals surface area (Å²) in [6.45, 7) is 6.99. The first-order chi connectivity index (χ1) is 7.47. The van der Waals surface area contributed by atoms with Crippen LogP contribution in [0.2, 0.25) is 0 Å². The van der Waals surface area contributed by atoms with Crippen LogP contribution in [0.1, 0.15) is 13.8 Å². The number of aromatic nitrogens is 3. The molecule has 0 saturated carbocycles. The van der Waals surface area contributed by atoms with E-state index >= 15 is 0 Å². The summed E-state index contributed by atoms with van der Waals surface area (Å²) in [6.07, 6.45) is 2.79. The molecular formula is C10H13N3O3. The zero-order chi connectivity index (χ0) is 12.3. The summed E-state index contributed by atoms with van der Waals surface area (Å²) in [5.74, 6) is 0. The minimum absolute atomic E-state index is 0.0606. The second-order valence-electron chi connectivity index (χ2n) is 3.49. The van der Waals surface area contributed by atoms with E-state index in [1.165, 1.54) is 12.3 Å². The first-order valence-electron chi connectivity index (χ1n) is 4.69. The molecule has 0 atom stereocenters. The van der Waals surface area contributed by atoms with E-state index in [0.29, 0.717) is 0 Å². The Balaban J connectivity index is 3.65. The van der Waals surface area contributed by atoms with E-state index < -0.39 is 17.1 Å². The molecule has 1 rings (SSSR count). The van der Waals surface area contributed by atoms with Gasteiger partial charge >= 0.3 is 17.1 Å². The molecule has 1 heterocycles. The van der Waals surface area contributed by atoms with Gasteiger partial charge in [-0.3, -0.25) is 4.98 Å². The van der Waals surface area contributed by atoms with Gasteiger partial charge in [-0.05, 0) is 13.8 Å². The number of hydrogen-bond acceptors (Lipinski definition) is 3. The molecule has 0 unspecified atom stereocenters. The average Bonchev–Trinajstić information content (AvgIpc) is 2.19. The topological polar surface area (TPSA) is 76.9 Å². The molecule has 16 heavy (non-hydrogen) atoms. The van der Waals surface area contributed by atoms with E-state index in [-0.39, 0.29) is 6.54 Å². The van der Waals surface area contributed by atoms with E-state index in [1.807, 2.05) is 0 Å². The third-order valence-electron chi connectivity index (χ3n) is 1.81. The summed E-state index contributed by atoms with van der Waals surface area (Å²) >= 11 is 0. The van der Waals surface area contributed by atoms with Gasteiger partial charge < -0.3 is 0 Å². The Morgan fingerprint density at radius 1 is 1.31 bits per heavy atom. The highest BCUT2D eigenvalue weighted by molar-refractivity contribution is 5.26. The van der Waals surface area contributed by atoms with Gasteiger partial charge in [0.15, 0.2) is 0 Å². The van der Waals surface area contributed by atoms with Crippen molar-refractivity contribution in [1.82, 2.24) is 14.1 Å². The minimum Gasteiger partial charge on any atom is -0.258 e. The van der Waals surface area contributed by atoms with Crippen molar-refractivity contribution in [3.05, 3.63) is 49.7 Å². The summed E-state index contributed by atoms with van der Waals surface area (Å²) < 4.78 is 1.76. The average molecular weight is 223 g/mol. The van der Waals surface area contributed by atoms with E-state index in [0.717, 1.165) is 14.7 Å². The van der Waals surface area contributed by atoms with Gasteiger partial charge in [0, 0.05) is 6.20 Å². The second kappa shape index (κ2) is 4.61. The van der Waals surface area contributed by atoms with Crippen molar-refractivity contribution in [3.8, 4) is 0 Å². The lowest BCUT2D eigenvalue weighted by atomic mass is 10.4. The molecular weight excluding hydrogens is 210 g/mol. The van der Waals surface area contributed by atoms with Crippen molar-refractivity contribution >= 4 is 6.20 Å². The summed E-state index contributed by atoms with van der Waals surface area (Å²) in [7, 11) is 0. The maximum atomic E-state index is 11.7. The molecule has 1 aromatic rings. The normalized spacial score (nSPS) is 9.88. The molecule has 0 aliphatic carbocycles. The Morgan fingerprint density at radius 2 is 1.94 bits per heavy atom. The molecule has 86 valence electrons. The Labute approximate surface area is 91.2 Å². The number of nitrogens with one attached hydrogen (secondary N) is 1. The van der Waals surface area contributed by atoms with Crippen LogP contribution >= 0.6 is 0 Å². The predicted octanol–water partition coefficient (Wildman–Crippen LogP) is -0.235. The lowest BCUT2D eigenvalue weighted by molar-refractivity contribution is 0.635. The Kier molecular flexibility index (Phi) is 3.44. The van der Waals surface area contributed by atoms with E-state index in [1.54, 1.807) is 13.8 Å². The van der Waals surface area contributed by atoms with Crippen LogP contribution in [-0.4, -0.2) is 14.1 Å². The van der Waals surface area contributed by atoms with Gasteiger partial charge in [-0.2, -0.15) is 0 Å². The first kappa shape index (κ1) is 12.0. The van der Waals surface area contributed by atoms with Gasteiger partial charge in [0.25, 0.3) is 0 Å². The van der Waals surface area contributed by atoms with Crippen LogP contribution in [0.3, 0.4) is 0 Å². The van der Waals surface area contributed by atoms with Gasteiger partial charge in [0.05, 0.1) is 6.54 Å². The lowest BCUT2D eigenvalue weighted by Gasteiger charge is -2.03. The van der Waals surface area contributed by atoms with Crippen LogP contribution < -0.4 is 17.1 Å². The van der Waals surface area contributed by atoms with Crippen molar-refractivity contribution in [2.75, 3.05) is 0 Å². The fourth-order valence-corrected chi connectivity index (χ4v) is 1.19. The van der Waals surface area contributed by atoms with E-state index in [9.17, 15) is 14.4 Å². The lowest BCUT2D eigenvalue weighted by Crippen LogP contribution is -2.47. The van der Waals surface area contributed by atoms with Crippen molar-refractivity contribution < 1.29 is 0 Å². The van der Waals surface area contributed by atoms with Crippen LogP contribution in [0, 0.1) is 0 Å². The highest BCUT2D eigenvalue weighted by Gasteiger charge is 2.06. The van der Waals surface area contributed by atoms with Gasteiger partial charge in [-0.1, -0.05) is 11.6 Å². The molecule has 0 amide bonds. The molecule has 0 aliphatic heterocycles. The monoisotopic (exact) mass is 223 g/mol. The van der Waals surface area contributed by atoms with E-state index in [4.69, 9.17) is 0 Å². The van der Waals surface area contributed by atoms with Crippen molar-refractivity contribution in [2.24, 2.45) is 0 Å². The number of H-pyrrole nitrogens is 1. The summed E-state index contributed by atoms with van der Waals surface area (Å²) in [6, 6.07) is 0. The van der Waals surface area contributed by atoms with Gasteiger partial charge in [-0.25, -0.2) is 23.5 Å². The zero-order valence-corrected chi connectivity index (χ0v) is 9.19. The van der Waals surface area contributed by atoms with Crippen molar-refractivity contribution in [1.29, 1.82) is 0 Å². The van der Waals surface area contributed by atoms with Gasteiger partial charge in [0.2, 0.25) is 0 Å². The maximum absolute atomic E-state index is 11.7. The third-order valence-corrected chi connectivity index (χ3v) is 1.81. The Bertz CT molecular complexity index is 597. The van der Waals surface area contributed by atoms with Crippen molar-refractivity contribution in [2.45, 2.75) is 20.4 Å². The molecule has 0 saturated heterocycles. The summed E-state index contributed by atoms with van der Waals surface area (Å²) in [5.41, 5.74) is -1.36. The van der Waals surface area contributed by atoms with Crippen LogP contribution in [-0.2, 0) is 6.54 Å². The van der Waals surface area contributed by atoms with Gasteiger partial charge in [-0.15, -0.1) is 6.58 Å². The zero-order valence-electron chi connectivity index (χ0n) is 9.19. The Hall–Kier alpha value is -2.11. The Morgan fingerprint density at radius 3 is 2.44 bits per heavy atom. The van der Waals surface area contributed by atoms with Gasteiger partial charge in [0.1, 0.15) is 0 Å². The van der Waals surface area contributed by atoms with Crippen LogP contribution in [0.4, 0.5) is 0 Å². The largest absolute Gasteiger partial charge is 0.340 e. The van der Waals surface area contributed by atoms with Crippen LogP contribution in [0.15, 0.2) is 32.6 Å². The molecule has 1 aromatic heterocycles. The van der Waals surface area contributed by atoms with Crippen LogP contribution in [0.25, 0.3) is 6.20 Å². The summed E-state index contributed by atoms with van der Waals surface area (Å²) in [5, 5.41) is 0. The summed E-state index contributed by atoms with van der Waals surface area (Å²) in [4.78, 5) is 36.5. The van der Waals surface area contributed by atoms with Crippen LogP contribution in [0.5, 0.6) is 0 Å².